The second-order valence-corrected chi connectivity index (χ2v) is 7.98. The Hall–Kier alpha value is -3.04. The number of benzene rings is 1. The van der Waals surface area contributed by atoms with Crippen LogP contribution in [-0.2, 0) is 23.2 Å². The molecule has 1 aromatic heterocycles. The minimum atomic E-state index is -0.651. The molecule has 1 saturated heterocycles. The van der Waals surface area contributed by atoms with E-state index in [2.05, 4.69) is 38.1 Å². The Morgan fingerprint density at radius 1 is 1.00 bits per heavy atom. The predicted molar refractivity (Wildman–Crippen MR) is 115 cm³/mol. The lowest BCUT2D eigenvalue weighted by Crippen LogP contribution is -2.50. The monoisotopic (exact) mass is 427 g/mol. The maximum Gasteiger partial charge on any atom is 0.309 e. The highest BCUT2D eigenvalue weighted by molar-refractivity contribution is 6.35. The third-order valence-electron chi connectivity index (χ3n) is 5.86. The molecule has 31 heavy (non-hydrogen) atoms. The van der Waals surface area contributed by atoms with Crippen molar-refractivity contribution in [2.45, 2.75) is 12.6 Å². The largest absolute Gasteiger partial charge is 0.454 e. The second-order valence-electron chi connectivity index (χ2n) is 7.98. The minimum absolute atomic E-state index is 0.0132. The molecule has 1 fully saturated rings. The minimum Gasteiger partial charge on any atom is -0.454 e. The van der Waals surface area contributed by atoms with Gasteiger partial charge in [-0.25, -0.2) is 0 Å². The number of carbonyl (C=O) groups excluding carboxylic acids is 2. The Morgan fingerprint density at radius 3 is 2.48 bits per heavy atom. The van der Waals surface area contributed by atoms with Crippen LogP contribution in [-0.4, -0.2) is 72.7 Å². The number of hydrogen-bond acceptors (Lipinski definition) is 6. The van der Waals surface area contributed by atoms with Gasteiger partial charge in [0.15, 0.2) is 11.5 Å². The maximum atomic E-state index is 12.4. The van der Waals surface area contributed by atoms with E-state index in [-0.39, 0.29) is 19.4 Å². The van der Waals surface area contributed by atoms with Crippen LogP contribution in [0, 0.1) is 0 Å². The molecule has 4 rings (SSSR count). The molecule has 2 aromatic rings. The summed E-state index contributed by atoms with van der Waals surface area (Å²) in [6.07, 6.45) is 2.00. The molecule has 2 aliphatic rings. The van der Waals surface area contributed by atoms with Crippen LogP contribution >= 0.6 is 0 Å². The number of aromatic nitrogens is 1. The quantitative estimate of drug-likeness (QED) is 0.652. The first-order chi connectivity index (χ1) is 15.0. The molecule has 2 N–H and O–H groups in total. The number of carbonyl (C=O) groups is 2. The molecule has 9 nitrogen and oxygen atoms in total. The normalized spacial score (nSPS) is 17.4. The van der Waals surface area contributed by atoms with E-state index in [0.29, 0.717) is 18.0 Å². The van der Waals surface area contributed by atoms with E-state index in [1.165, 1.54) is 0 Å². The summed E-state index contributed by atoms with van der Waals surface area (Å²) in [7, 11) is 4.11. The van der Waals surface area contributed by atoms with Crippen molar-refractivity contribution < 1.29 is 19.1 Å². The van der Waals surface area contributed by atoms with Crippen molar-refractivity contribution in [3.63, 3.8) is 0 Å². The van der Waals surface area contributed by atoms with Crippen molar-refractivity contribution in [2.75, 3.05) is 46.6 Å². The first-order valence-corrected chi connectivity index (χ1v) is 10.5. The van der Waals surface area contributed by atoms with E-state index in [4.69, 9.17) is 9.47 Å². The first kappa shape index (κ1) is 21.2. The van der Waals surface area contributed by atoms with Gasteiger partial charge in [-0.05, 0) is 36.9 Å². The average Bonchev–Trinajstić information content (AvgIpc) is 3.41. The summed E-state index contributed by atoms with van der Waals surface area (Å²) in [6.45, 7) is 4.59. The summed E-state index contributed by atoms with van der Waals surface area (Å²) in [6, 6.07) is 9.51. The van der Waals surface area contributed by atoms with Crippen molar-refractivity contribution in [1.29, 1.82) is 0 Å². The maximum absolute atomic E-state index is 12.4. The SMILES string of the molecule is CN1CCN([C@@H](CNC(=O)C(=O)NCc2ccc3c(c2)OCO3)c2cccn2C)CC1. The van der Waals surface area contributed by atoms with Crippen molar-refractivity contribution in [2.24, 2.45) is 7.05 Å². The van der Waals surface area contributed by atoms with Gasteiger partial charge >= 0.3 is 11.8 Å². The number of amides is 2. The number of hydrogen-bond donors (Lipinski definition) is 2. The number of nitrogens with one attached hydrogen (secondary N) is 2. The fourth-order valence-electron chi connectivity index (χ4n) is 3.96. The lowest BCUT2D eigenvalue weighted by molar-refractivity contribution is -0.139. The van der Waals surface area contributed by atoms with E-state index < -0.39 is 11.8 Å². The molecule has 0 radical (unpaired) electrons. The highest BCUT2D eigenvalue weighted by Crippen LogP contribution is 2.32. The van der Waals surface area contributed by atoms with Crippen LogP contribution in [0.5, 0.6) is 11.5 Å². The number of rotatable bonds is 6. The number of aryl methyl sites for hydroxylation is 1. The predicted octanol–water partition coefficient (Wildman–Crippen LogP) is 0.475. The zero-order chi connectivity index (χ0) is 21.8. The molecule has 1 atom stereocenters. The molecule has 9 heteroatoms. The second kappa shape index (κ2) is 9.40. The summed E-state index contributed by atoms with van der Waals surface area (Å²) in [5.74, 6) is 0.0491. The molecule has 1 aromatic carbocycles. The Labute approximate surface area is 181 Å². The van der Waals surface area contributed by atoms with E-state index >= 15 is 0 Å². The Balaban J connectivity index is 1.32. The highest BCUT2D eigenvalue weighted by Gasteiger charge is 2.27. The molecule has 2 aliphatic heterocycles. The number of fused-ring (bicyclic) bond motifs is 1. The van der Waals surface area contributed by atoms with Crippen LogP contribution in [0.15, 0.2) is 36.5 Å². The van der Waals surface area contributed by atoms with Crippen LogP contribution in [0.2, 0.25) is 0 Å². The number of piperazine rings is 1. The van der Waals surface area contributed by atoms with E-state index in [9.17, 15) is 9.59 Å². The Bertz CT molecular complexity index is 936. The van der Waals surface area contributed by atoms with Crippen LogP contribution in [0.25, 0.3) is 0 Å². The third-order valence-corrected chi connectivity index (χ3v) is 5.86. The van der Waals surface area contributed by atoms with Crippen LogP contribution in [0.3, 0.4) is 0 Å². The topological polar surface area (TPSA) is 88.1 Å². The molecule has 166 valence electrons. The highest BCUT2D eigenvalue weighted by atomic mass is 16.7. The number of likely N-dealkylation sites (N-methyl/N-ethyl adjacent to an activating group) is 1. The molecule has 0 unspecified atom stereocenters. The van der Waals surface area contributed by atoms with E-state index in [1.54, 1.807) is 12.1 Å². The number of nitrogens with zero attached hydrogens (tertiary/aromatic N) is 3. The summed E-state index contributed by atoms with van der Waals surface area (Å²) in [5.41, 5.74) is 1.95. The molecule has 0 aliphatic carbocycles. The molecule has 0 spiro atoms. The van der Waals surface area contributed by atoms with Crippen molar-refractivity contribution in [3.8, 4) is 11.5 Å². The lowest BCUT2D eigenvalue weighted by atomic mass is 10.1. The van der Waals surface area contributed by atoms with Crippen molar-refractivity contribution in [3.05, 3.63) is 47.8 Å². The summed E-state index contributed by atoms with van der Waals surface area (Å²) < 4.78 is 12.7. The van der Waals surface area contributed by atoms with Crippen molar-refractivity contribution in [1.82, 2.24) is 25.0 Å². The Morgan fingerprint density at radius 2 is 1.74 bits per heavy atom. The van der Waals surface area contributed by atoms with Gasteiger partial charge in [-0.1, -0.05) is 6.07 Å². The Kier molecular flexibility index (Phi) is 6.43. The van der Waals surface area contributed by atoms with Crippen LogP contribution in [0.4, 0.5) is 0 Å². The summed E-state index contributed by atoms with van der Waals surface area (Å²) >= 11 is 0. The van der Waals surface area contributed by atoms with Gasteiger partial charge in [-0.15, -0.1) is 0 Å². The molecule has 2 amide bonds. The lowest BCUT2D eigenvalue weighted by Gasteiger charge is -2.38. The fraction of sp³-hybridized carbons (Fsp3) is 0.455. The van der Waals surface area contributed by atoms with Gasteiger partial charge in [-0.3, -0.25) is 14.5 Å². The average molecular weight is 428 g/mol. The van der Waals surface area contributed by atoms with E-state index in [0.717, 1.165) is 37.4 Å². The molecule has 3 heterocycles. The van der Waals surface area contributed by atoms with Gasteiger partial charge in [0, 0.05) is 58.2 Å². The zero-order valence-electron chi connectivity index (χ0n) is 18.0. The molecule has 0 bridgehead atoms. The van der Waals surface area contributed by atoms with Gasteiger partial charge in [0.25, 0.3) is 0 Å². The molecular weight excluding hydrogens is 398 g/mol. The van der Waals surface area contributed by atoms with E-state index in [1.807, 2.05) is 25.4 Å². The smallest absolute Gasteiger partial charge is 0.309 e. The standard InChI is InChI=1S/C22H29N5O4/c1-25-8-10-27(11-9-25)18(17-4-3-7-26(17)2)14-24-22(29)21(28)23-13-16-5-6-19-20(12-16)31-15-30-19/h3-7,12,18H,8-11,13-15H2,1-2H3,(H,23,28)(H,24,29)/t18-/m0/s1. The van der Waals surface area contributed by atoms with Gasteiger partial charge in [0.05, 0.1) is 6.04 Å². The number of ether oxygens (including phenoxy) is 2. The zero-order valence-corrected chi connectivity index (χ0v) is 18.0. The first-order valence-electron chi connectivity index (χ1n) is 10.5. The van der Waals surface area contributed by atoms with Crippen LogP contribution < -0.4 is 20.1 Å². The van der Waals surface area contributed by atoms with Gasteiger partial charge < -0.3 is 29.6 Å². The van der Waals surface area contributed by atoms with Gasteiger partial charge in [0.1, 0.15) is 0 Å². The fourth-order valence-corrected chi connectivity index (χ4v) is 3.96. The third kappa shape index (κ3) is 5.00. The summed E-state index contributed by atoms with van der Waals surface area (Å²) in [4.78, 5) is 29.4. The molecule has 0 saturated carbocycles. The van der Waals surface area contributed by atoms with Gasteiger partial charge in [-0.2, -0.15) is 0 Å². The van der Waals surface area contributed by atoms with Crippen LogP contribution in [0.1, 0.15) is 17.3 Å². The summed E-state index contributed by atoms with van der Waals surface area (Å²) in [5, 5.41) is 5.49. The molecular formula is C22H29N5O4. The van der Waals surface area contributed by atoms with Gasteiger partial charge in [0.2, 0.25) is 6.79 Å². The van der Waals surface area contributed by atoms with Crippen molar-refractivity contribution >= 4 is 11.8 Å².